The van der Waals surface area contributed by atoms with Crippen LogP contribution in [0.15, 0.2) is 18.2 Å². The first-order valence-corrected chi connectivity index (χ1v) is 8.15. The highest BCUT2D eigenvalue weighted by molar-refractivity contribution is 5.90. The third-order valence-electron chi connectivity index (χ3n) is 3.73. The Labute approximate surface area is 146 Å². The lowest BCUT2D eigenvalue weighted by atomic mass is 10.1. The van der Waals surface area contributed by atoms with Gasteiger partial charge in [-0.2, -0.15) is 0 Å². The summed E-state index contributed by atoms with van der Waals surface area (Å²) in [6, 6.07) is 4.15. The van der Waals surface area contributed by atoms with Gasteiger partial charge in [0.05, 0.1) is 25.0 Å². The maximum atomic E-state index is 13.8. The summed E-state index contributed by atoms with van der Waals surface area (Å²) in [7, 11) is 1.50. The quantitative estimate of drug-likeness (QED) is 0.712. The Kier molecular flexibility index (Phi) is 6.14. The number of nitrogens with zero attached hydrogens (tertiary/aromatic N) is 2. The molecule has 0 aliphatic heterocycles. The molecule has 25 heavy (non-hydrogen) atoms. The van der Waals surface area contributed by atoms with Gasteiger partial charge in [-0.05, 0) is 45.9 Å². The Hall–Kier alpha value is -2.41. The molecule has 0 aliphatic carbocycles. The van der Waals surface area contributed by atoms with Gasteiger partial charge in [-0.3, -0.25) is 4.57 Å². The number of halogens is 1. The highest BCUT2D eigenvalue weighted by Crippen LogP contribution is 2.34. The number of hydrogen-bond donors (Lipinski definition) is 0. The van der Waals surface area contributed by atoms with Crippen LogP contribution in [0.1, 0.15) is 43.2 Å². The van der Waals surface area contributed by atoms with Crippen LogP contribution < -0.4 is 4.74 Å². The fraction of sp³-hybridized carbons (Fsp3) is 0.444. The van der Waals surface area contributed by atoms with Gasteiger partial charge in [-0.25, -0.2) is 14.2 Å². The van der Waals surface area contributed by atoms with E-state index in [-0.39, 0.29) is 12.3 Å². The summed E-state index contributed by atoms with van der Waals surface area (Å²) in [5.41, 5.74) is 1.20. The summed E-state index contributed by atoms with van der Waals surface area (Å²) in [6.07, 6.45) is -0.492. The number of aryl methyl sites for hydroxylation is 1. The van der Waals surface area contributed by atoms with Crippen LogP contribution in [0, 0.1) is 12.7 Å². The number of hydrogen-bond acceptors (Lipinski definition) is 5. The average molecular weight is 350 g/mol. The van der Waals surface area contributed by atoms with Gasteiger partial charge in [0.2, 0.25) is 0 Å². The van der Waals surface area contributed by atoms with Crippen molar-refractivity contribution < 1.29 is 23.4 Å². The van der Waals surface area contributed by atoms with Crippen LogP contribution in [0.2, 0.25) is 0 Å². The Morgan fingerprint density at radius 1 is 1.32 bits per heavy atom. The molecular formula is C18H23FN2O4. The van der Waals surface area contributed by atoms with Gasteiger partial charge < -0.3 is 14.2 Å². The van der Waals surface area contributed by atoms with Crippen LogP contribution in [-0.2, 0) is 9.47 Å². The van der Waals surface area contributed by atoms with Gasteiger partial charge >= 0.3 is 5.97 Å². The van der Waals surface area contributed by atoms with E-state index in [2.05, 4.69) is 4.98 Å². The zero-order valence-corrected chi connectivity index (χ0v) is 15.1. The summed E-state index contributed by atoms with van der Waals surface area (Å²) < 4.78 is 31.6. The number of rotatable bonds is 7. The molecule has 0 N–H and O–H groups in total. The molecule has 0 bridgehead atoms. The van der Waals surface area contributed by atoms with Gasteiger partial charge in [-0.1, -0.05) is 0 Å². The van der Waals surface area contributed by atoms with Crippen molar-refractivity contribution in [2.75, 3.05) is 20.3 Å². The first-order chi connectivity index (χ1) is 11.9. The molecule has 0 radical (unpaired) electrons. The Morgan fingerprint density at radius 2 is 2.04 bits per heavy atom. The average Bonchev–Trinajstić information content (AvgIpc) is 2.92. The van der Waals surface area contributed by atoms with Gasteiger partial charge in [0.25, 0.3) is 0 Å². The second kappa shape index (κ2) is 8.11. The van der Waals surface area contributed by atoms with E-state index >= 15 is 0 Å². The van der Waals surface area contributed by atoms with Crippen LogP contribution in [0.25, 0.3) is 11.4 Å². The third-order valence-corrected chi connectivity index (χ3v) is 3.73. The van der Waals surface area contributed by atoms with Gasteiger partial charge in [0.15, 0.2) is 5.69 Å². The summed E-state index contributed by atoms with van der Waals surface area (Å²) in [4.78, 5) is 16.9. The first kappa shape index (κ1) is 18.9. The van der Waals surface area contributed by atoms with Crippen LogP contribution in [0.3, 0.4) is 0 Å². The molecule has 0 spiro atoms. The van der Waals surface area contributed by atoms with Crippen molar-refractivity contribution >= 4 is 5.97 Å². The van der Waals surface area contributed by atoms with Crippen molar-refractivity contribution in [1.29, 1.82) is 0 Å². The molecule has 1 atom stereocenters. The summed E-state index contributed by atoms with van der Waals surface area (Å²) in [5.74, 6) is -0.0879. The fourth-order valence-electron chi connectivity index (χ4n) is 2.71. The van der Waals surface area contributed by atoms with E-state index in [1.165, 1.54) is 25.3 Å². The fourth-order valence-corrected chi connectivity index (χ4v) is 2.71. The normalized spacial score (nSPS) is 12.1. The minimum atomic E-state index is -0.499. The van der Waals surface area contributed by atoms with Crippen molar-refractivity contribution in [1.82, 2.24) is 9.55 Å². The number of esters is 1. The predicted octanol–water partition coefficient (Wildman–Crippen LogP) is 3.74. The molecule has 1 aromatic heterocycles. The first-order valence-electron chi connectivity index (χ1n) is 8.15. The molecule has 2 rings (SSSR count). The van der Waals surface area contributed by atoms with E-state index in [9.17, 15) is 9.18 Å². The lowest BCUT2D eigenvalue weighted by Crippen LogP contribution is -2.19. The van der Waals surface area contributed by atoms with Gasteiger partial charge in [0.1, 0.15) is 23.6 Å². The molecule has 0 saturated carbocycles. The highest BCUT2D eigenvalue weighted by Gasteiger charge is 2.27. The van der Waals surface area contributed by atoms with E-state index in [4.69, 9.17) is 14.2 Å². The molecule has 1 aromatic carbocycles. The minimum absolute atomic E-state index is 0.241. The van der Waals surface area contributed by atoms with Gasteiger partial charge in [0, 0.05) is 6.61 Å². The van der Waals surface area contributed by atoms with E-state index < -0.39 is 18.0 Å². The summed E-state index contributed by atoms with van der Waals surface area (Å²) in [5, 5.41) is 0. The second-order valence-corrected chi connectivity index (χ2v) is 5.36. The largest absolute Gasteiger partial charge is 0.496 e. The van der Waals surface area contributed by atoms with E-state index in [0.29, 0.717) is 29.4 Å². The molecule has 2 aromatic rings. The Morgan fingerprint density at radius 3 is 2.64 bits per heavy atom. The van der Waals surface area contributed by atoms with Crippen molar-refractivity contribution in [2.24, 2.45) is 0 Å². The maximum absolute atomic E-state index is 13.8. The molecule has 0 amide bonds. The van der Waals surface area contributed by atoms with Crippen LogP contribution in [0.4, 0.5) is 4.39 Å². The maximum Gasteiger partial charge on any atom is 0.356 e. The molecule has 1 unspecified atom stereocenters. The zero-order valence-electron chi connectivity index (χ0n) is 15.1. The van der Waals surface area contributed by atoms with Crippen LogP contribution >= 0.6 is 0 Å². The van der Waals surface area contributed by atoms with Crippen molar-refractivity contribution in [3.63, 3.8) is 0 Å². The molecule has 0 fully saturated rings. The standard InChI is InChI=1S/C18H23FN2O4/c1-6-24-12(4)21-16(18(22)25-7-2)11(3)20-17(21)14-10-13(19)8-9-15(14)23-5/h8-10,12H,6-7H2,1-5H3. The van der Waals surface area contributed by atoms with Crippen molar-refractivity contribution in [3.05, 3.63) is 35.4 Å². The smallest absolute Gasteiger partial charge is 0.356 e. The molecule has 0 saturated heterocycles. The summed E-state index contributed by atoms with van der Waals surface area (Å²) in [6.45, 7) is 7.77. The molecule has 0 aliphatic rings. The van der Waals surface area contributed by atoms with Crippen molar-refractivity contribution in [3.8, 4) is 17.1 Å². The van der Waals surface area contributed by atoms with Crippen molar-refractivity contribution in [2.45, 2.75) is 33.9 Å². The number of ether oxygens (including phenoxy) is 3. The molecule has 6 nitrogen and oxygen atoms in total. The Bertz CT molecular complexity index is 758. The van der Waals surface area contributed by atoms with E-state index in [1.54, 1.807) is 25.3 Å². The molecular weight excluding hydrogens is 327 g/mol. The number of carbonyl (C=O) groups is 1. The third kappa shape index (κ3) is 3.82. The Balaban J connectivity index is 2.72. The second-order valence-electron chi connectivity index (χ2n) is 5.36. The SMILES string of the molecule is CCOC(=O)c1c(C)nc(-c2cc(F)ccc2OC)n1C(C)OCC. The predicted molar refractivity (Wildman–Crippen MR) is 91.2 cm³/mol. The highest BCUT2D eigenvalue weighted by atomic mass is 19.1. The lowest BCUT2D eigenvalue weighted by Gasteiger charge is -2.20. The lowest BCUT2D eigenvalue weighted by molar-refractivity contribution is 0.0195. The summed E-state index contributed by atoms with van der Waals surface area (Å²) >= 11 is 0. The van der Waals surface area contributed by atoms with E-state index in [1.807, 2.05) is 6.92 Å². The topological polar surface area (TPSA) is 62.6 Å². The molecule has 136 valence electrons. The van der Waals surface area contributed by atoms with Gasteiger partial charge in [-0.15, -0.1) is 0 Å². The van der Waals surface area contributed by atoms with E-state index in [0.717, 1.165) is 0 Å². The molecule has 1 heterocycles. The molecule has 7 heteroatoms. The number of aromatic nitrogens is 2. The minimum Gasteiger partial charge on any atom is -0.496 e. The number of benzene rings is 1. The monoisotopic (exact) mass is 350 g/mol. The van der Waals surface area contributed by atoms with Crippen LogP contribution in [0.5, 0.6) is 5.75 Å². The van der Waals surface area contributed by atoms with Crippen LogP contribution in [-0.4, -0.2) is 35.8 Å². The number of methoxy groups -OCH3 is 1. The zero-order chi connectivity index (χ0) is 18.6. The number of imidazole rings is 1. The number of carbonyl (C=O) groups excluding carboxylic acids is 1.